The summed E-state index contributed by atoms with van der Waals surface area (Å²) in [6, 6.07) is 36.6. The Hall–Kier alpha value is -4.21. The van der Waals surface area contributed by atoms with E-state index in [1.165, 1.54) is 16.7 Å². The van der Waals surface area contributed by atoms with Crippen molar-refractivity contribution in [3.63, 3.8) is 0 Å². The third-order valence-electron chi connectivity index (χ3n) is 9.14. The van der Waals surface area contributed by atoms with Gasteiger partial charge < -0.3 is 0 Å². The van der Waals surface area contributed by atoms with E-state index in [-0.39, 0.29) is 10.8 Å². The first kappa shape index (κ1) is 30.4. The maximum absolute atomic E-state index is 6.60. The Labute approximate surface area is 282 Å². The Balaban J connectivity index is 1.26. The van der Waals surface area contributed by atoms with Crippen LogP contribution in [0.1, 0.15) is 57.7 Å². The van der Waals surface area contributed by atoms with Crippen LogP contribution >= 0.6 is 0 Å². The van der Waals surface area contributed by atoms with Gasteiger partial charge in [0, 0.05) is 6.20 Å². The Morgan fingerprint density at radius 2 is 1.46 bits per heavy atom. The molecule has 0 fully saturated rings. The van der Waals surface area contributed by atoms with Gasteiger partial charge in [-0.3, -0.25) is 0 Å². The number of fused-ring (bicyclic) bond motifs is 2. The summed E-state index contributed by atoms with van der Waals surface area (Å²) in [7, 11) is 0. The zero-order valence-corrected chi connectivity index (χ0v) is 29.6. The van der Waals surface area contributed by atoms with Crippen molar-refractivity contribution in [1.29, 1.82) is 0 Å². The number of anilines is 2. The summed E-state index contributed by atoms with van der Waals surface area (Å²) in [6.07, 6.45) is 2.95. The Kier molecular flexibility index (Phi) is 7.64. The van der Waals surface area contributed by atoms with Crippen LogP contribution in [-0.4, -0.2) is 20.7 Å². The Bertz CT molecular complexity index is 2130. The van der Waals surface area contributed by atoms with Crippen LogP contribution in [0.4, 0.5) is 11.5 Å². The fraction of sp³-hybridized carbons (Fsp3) is 0.250. The van der Waals surface area contributed by atoms with E-state index in [0.717, 1.165) is 62.2 Å². The number of benzene rings is 4. The summed E-state index contributed by atoms with van der Waals surface area (Å²) in [5.74, 6) is 2.58. The minimum atomic E-state index is 0.0722. The van der Waals surface area contributed by atoms with Gasteiger partial charge in [0.25, 0.3) is 0 Å². The summed E-state index contributed by atoms with van der Waals surface area (Å²) in [5, 5.41) is 0. The standard InChI is InChI=1S/C40H40N4O.Pt/c1-28-20-22-41-38(24-28)42-23-21-40(5,6)34-19-18-33(26-37(34)42)45-32-11-9-10-31(25-32)44-27-43(35-12-7-8-13-36(35)44)30-16-14-29(15-17-30)39(2,3)4;/h7-20,22,24-26H,21,23H2,1-6H3;. The van der Waals surface area contributed by atoms with E-state index in [1.807, 2.05) is 18.3 Å². The monoisotopic (exact) mass is 787 g/mol. The van der Waals surface area contributed by atoms with Crippen LogP contribution in [0, 0.1) is 10.7 Å². The summed E-state index contributed by atoms with van der Waals surface area (Å²) in [4.78, 5) is 7.05. The molecule has 0 bridgehead atoms. The molecule has 0 amide bonds. The van der Waals surface area contributed by atoms with E-state index < -0.39 is 0 Å². The molecule has 3 heterocycles. The fourth-order valence-corrected chi connectivity index (χ4v) is 7.59. The van der Waals surface area contributed by atoms with Gasteiger partial charge in [-0.2, -0.15) is 0 Å². The number of imidazole rings is 1. The number of hydrogen-bond donors (Lipinski definition) is 0. The SMILES string of the molecule is Cc1ccnc(N2CCC(C)(C)c3ccc(Oc4cccc(-n5[c](=[Pt])n(-c6ccc(C(C)(C)C)cc6)c6ccccc65)c4)cc32)c1. The van der Waals surface area contributed by atoms with Gasteiger partial charge >= 0.3 is 259 Å². The van der Waals surface area contributed by atoms with Gasteiger partial charge in [-0.1, -0.05) is 0 Å². The number of nitrogens with zero attached hydrogens (tertiary/aromatic N) is 4. The molecular weight excluding hydrogens is 748 g/mol. The predicted molar refractivity (Wildman–Crippen MR) is 185 cm³/mol. The first-order valence-corrected chi connectivity index (χ1v) is 17.1. The molecular formula is C40H40N4OPt. The molecule has 0 unspecified atom stereocenters. The third-order valence-corrected chi connectivity index (χ3v) is 10.2. The van der Waals surface area contributed by atoms with Crippen molar-refractivity contribution in [3.05, 3.63) is 130 Å². The van der Waals surface area contributed by atoms with Crippen molar-refractivity contribution in [2.75, 3.05) is 11.4 Å². The van der Waals surface area contributed by atoms with Crippen LogP contribution in [-0.2, 0) is 30.2 Å². The van der Waals surface area contributed by atoms with E-state index in [2.05, 4.69) is 166 Å². The van der Waals surface area contributed by atoms with Gasteiger partial charge in [0.05, 0.1) is 0 Å². The number of rotatable bonds is 5. The van der Waals surface area contributed by atoms with Crippen molar-refractivity contribution in [1.82, 2.24) is 14.1 Å². The average molecular weight is 788 g/mol. The maximum atomic E-state index is 6.60. The number of para-hydroxylation sites is 2. The molecule has 6 heteroatoms. The molecule has 6 aromatic rings. The minimum absolute atomic E-state index is 0.0722. The van der Waals surface area contributed by atoms with E-state index in [0.29, 0.717) is 0 Å². The van der Waals surface area contributed by atoms with Crippen molar-refractivity contribution >= 4 is 22.5 Å². The van der Waals surface area contributed by atoms with Gasteiger partial charge in [-0.15, -0.1) is 0 Å². The summed E-state index contributed by atoms with van der Waals surface area (Å²) < 4.78 is 12.3. The summed E-state index contributed by atoms with van der Waals surface area (Å²) in [6.45, 7) is 14.4. The molecule has 0 radical (unpaired) electrons. The number of hydrogen-bond acceptors (Lipinski definition) is 3. The number of pyridine rings is 1. The van der Waals surface area contributed by atoms with Crippen LogP contribution in [0.3, 0.4) is 0 Å². The molecule has 5 nitrogen and oxygen atoms in total. The molecule has 0 saturated heterocycles. The van der Waals surface area contributed by atoms with Crippen molar-refractivity contribution in [2.45, 2.75) is 58.8 Å². The van der Waals surface area contributed by atoms with Gasteiger partial charge in [0.2, 0.25) is 0 Å². The fourth-order valence-electron chi connectivity index (χ4n) is 6.46. The van der Waals surface area contributed by atoms with Gasteiger partial charge in [-0.25, -0.2) is 0 Å². The zero-order chi connectivity index (χ0) is 32.2. The third kappa shape index (κ3) is 5.56. The van der Waals surface area contributed by atoms with Crippen molar-refractivity contribution in [2.24, 2.45) is 0 Å². The molecule has 0 saturated carbocycles. The topological polar surface area (TPSA) is 35.2 Å². The Morgan fingerprint density at radius 3 is 2.15 bits per heavy atom. The number of aryl methyl sites for hydroxylation is 1. The molecule has 46 heavy (non-hydrogen) atoms. The second kappa shape index (κ2) is 11.5. The first-order valence-electron chi connectivity index (χ1n) is 15.9. The zero-order valence-electron chi connectivity index (χ0n) is 27.3. The van der Waals surface area contributed by atoms with Crippen molar-refractivity contribution in [3.8, 4) is 22.9 Å². The summed E-state index contributed by atoms with van der Waals surface area (Å²) >= 11 is 2.45. The molecule has 1 aliphatic rings. The van der Waals surface area contributed by atoms with Crippen LogP contribution < -0.4 is 9.64 Å². The Morgan fingerprint density at radius 1 is 0.761 bits per heavy atom. The molecule has 0 N–H and O–H groups in total. The molecule has 7 rings (SSSR count). The quantitative estimate of drug-likeness (QED) is 0.175. The van der Waals surface area contributed by atoms with Crippen LogP contribution in [0.2, 0.25) is 0 Å². The van der Waals surface area contributed by atoms with Crippen LogP contribution in [0.15, 0.2) is 109 Å². The van der Waals surface area contributed by atoms with Crippen LogP contribution in [0.25, 0.3) is 22.4 Å². The molecule has 2 aromatic heterocycles. The molecule has 4 aromatic carbocycles. The predicted octanol–water partition coefficient (Wildman–Crippen LogP) is 10.1. The van der Waals surface area contributed by atoms with E-state index >= 15 is 0 Å². The molecule has 1 aliphatic heterocycles. The molecule has 236 valence electrons. The first-order chi connectivity index (χ1) is 22.0. The second-order valence-corrected chi connectivity index (χ2v) is 15.0. The van der Waals surface area contributed by atoms with Crippen molar-refractivity contribution < 1.29 is 24.1 Å². The summed E-state index contributed by atoms with van der Waals surface area (Å²) in [5.41, 5.74) is 9.67. The second-order valence-electron chi connectivity index (χ2n) is 14.0. The number of ether oxygens (including phenoxy) is 1. The number of aromatic nitrogens is 3. The van der Waals surface area contributed by atoms with Gasteiger partial charge in [0.15, 0.2) is 0 Å². The van der Waals surface area contributed by atoms with E-state index in [4.69, 9.17) is 9.72 Å². The van der Waals surface area contributed by atoms with Crippen LogP contribution in [0.5, 0.6) is 11.5 Å². The van der Waals surface area contributed by atoms with Gasteiger partial charge in [-0.05, 0) is 18.6 Å². The van der Waals surface area contributed by atoms with Gasteiger partial charge in [0.1, 0.15) is 0 Å². The molecule has 0 aliphatic carbocycles. The van der Waals surface area contributed by atoms with E-state index in [9.17, 15) is 0 Å². The average Bonchev–Trinajstić information content (AvgIpc) is 3.32. The van der Waals surface area contributed by atoms with E-state index in [1.54, 1.807) is 0 Å². The molecule has 0 spiro atoms. The normalized spacial score (nSPS) is 14.4. The molecule has 0 atom stereocenters.